The van der Waals surface area contributed by atoms with Gasteiger partial charge >= 0.3 is 0 Å². The molecule has 96 valence electrons. The van der Waals surface area contributed by atoms with Gasteiger partial charge in [0.1, 0.15) is 0 Å². The standard InChI is InChI=1S/C15H21N3/c1-9(2)14(10(3)16)15-11(4)17-12-7-5-6-8-13(12)18-15/h5-10,14H,16H2,1-4H3. The molecule has 0 spiro atoms. The summed E-state index contributed by atoms with van der Waals surface area (Å²) in [6.07, 6.45) is 0. The van der Waals surface area contributed by atoms with Crippen molar-refractivity contribution >= 4 is 11.0 Å². The molecule has 0 bridgehead atoms. The van der Waals surface area contributed by atoms with Gasteiger partial charge in [-0.3, -0.25) is 0 Å². The Morgan fingerprint density at radius 1 is 1.00 bits per heavy atom. The quantitative estimate of drug-likeness (QED) is 0.901. The van der Waals surface area contributed by atoms with E-state index < -0.39 is 0 Å². The fraction of sp³-hybridized carbons (Fsp3) is 0.467. The summed E-state index contributed by atoms with van der Waals surface area (Å²) in [5.74, 6) is 0.710. The Bertz CT molecular complexity index is 538. The van der Waals surface area contributed by atoms with Crippen molar-refractivity contribution in [3.63, 3.8) is 0 Å². The second-order valence-corrected chi connectivity index (χ2v) is 5.31. The molecule has 0 aliphatic carbocycles. The van der Waals surface area contributed by atoms with E-state index in [2.05, 4.69) is 18.8 Å². The lowest BCUT2D eigenvalue weighted by molar-refractivity contribution is 0.425. The summed E-state index contributed by atoms with van der Waals surface area (Å²) in [6.45, 7) is 8.43. The lowest BCUT2D eigenvalue weighted by Crippen LogP contribution is -2.30. The molecule has 2 atom stereocenters. The smallest absolute Gasteiger partial charge is 0.0890 e. The first-order chi connectivity index (χ1) is 8.50. The van der Waals surface area contributed by atoms with E-state index in [1.807, 2.05) is 38.1 Å². The molecule has 1 aromatic carbocycles. The third-order valence-electron chi connectivity index (χ3n) is 3.38. The Balaban J connectivity index is 2.59. The maximum absolute atomic E-state index is 6.11. The highest BCUT2D eigenvalue weighted by Gasteiger charge is 2.24. The lowest BCUT2D eigenvalue weighted by atomic mass is 9.85. The van der Waals surface area contributed by atoms with E-state index in [4.69, 9.17) is 10.7 Å². The molecule has 1 aromatic heterocycles. The average Bonchev–Trinajstić information content (AvgIpc) is 2.29. The highest BCUT2D eigenvalue weighted by molar-refractivity contribution is 5.74. The molecule has 18 heavy (non-hydrogen) atoms. The molecule has 0 fully saturated rings. The Morgan fingerprint density at radius 3 is 2.06 bits per heavy atom. The molecule has 0 aliphatic rings. The first-order valence-corrected chi connectivity index (χ1v) is 6.49. The van der Waals surface area contributed by atoms with Gasteiger partial charge in [-0.05, 0) is 31.9 Å². The Labute approximate surface area is 108 Å². The van der Waals surface area contributed by atoms with Crippen LogP contribution in [-0.2, 0) is 0 Å². The number of aromatic nitrogens is 2. The second-order valence-electron chi connectivity index (χ2n) is 5.31. The van der Waals surface area contributed by atoms with Crippen LogP contribution in [0.1, 0.15) is 38.1 Å². The zero-order valence-electron chi connectivity index (χ0n) is 11.5. The summed E-state index contributed by atoms with van der Waals surface area (Å²) >= 11 is 0. The molecular weight excluding hydrogens is 222 g/mol. The number of rotatable bonds is 3. The van der Waals surface area contributed by atoms with Crippen LogP contribution in [0.3, 0.4) is 0 Å². The van der Waals surface area contributed by atoms with Crippen LogP contribution in [0, 0.1) is 12.8 Å². The predicted octanol–water partition coefficient (Wildman–Crippen LogP) is 3.03. The van der Waals surface area contributed by atoms with E-state index >= 15 is 0 Å². The Kier molecular flexibility index (Phi) is 3.62. The van der Waals surface area contributed by atoms with Gasteiger partial charge in [-0.2, -0.15) is 0 Å². The van der Waals surface area contributed by atoms with Crippen molar-refractivity contribution in [3.05, 3.63) is 35.7 Å². The van der Waals surface area contributed by atoms with E-state index in [1.165, 1.54) is 0 Å². The van der Waals surface area contributed by atoms with E-state index in [-0.39, 0.29) is 12.0 Å². The molecule has 0 aliphatic heterocycles. The molecule has 2 aromatic rings. The maximum Gasteiger partial charge on any atom is 0.0890 e. The molecule has 2 rings (SSSR count). The fourth-order valence-corrected chi connectivity index (χ4v) is 2.59. The van der Waals surface area contributed by atoms with Gasteiger partial charge in [-0.15, -0.1) is 0 Å². The van der Waals surface area contributed by atoms with Gasteiger partial charge in [0.05, 0.1) is 22.4 Å². The van der Waals surface area contributed by atoms with Crippen LogP contribution in [0.15, 0.2) is 24.3 Å². The van der Waals surface area contributed by atoms with E-state index in [0.717, 1.165) is 22.4 Å². The Morgan fingerprint density at radius 2 is 1.56 bits per heavy atom. The highest BCUT2D eigenvalue weighted by atomic mass is 14.8. The number of nitrogens with zero attached hydrogens (tertiary/aromatic N) is 2. The van der Waals surface area contributed by atoms with Gasteiger partial charge in [0.15, 0.2) is 0 Å². The van der Waals surface area contributed by atoms with Crippen molar-refractivity contribution in [2.75, 3.05) is 0 Å². The van der Waals surface area contributed by atoms with Crippen LogP contribution in [0.4, 0.5) is 0 Å². The van der Waals surface area contributed by atoms with E-state index in [0.29, 0.717) is 5.92 Å². The topological polar surface area (TPSA) is 51.8 Å². The van der Waals surface area contributed by atoms with Gasteiger partial charge in [0.2, 0.25) is 0 Å². The van der Waals surface area contributed by atoms with E-state index in [9.17, 15) is 0 Å². The first-order valence-electron chi connectivity index (χ1n) is 6.49. The van der Waals surface area contributed by atoms with Gasteiger partial charge in [0.25, 0.3) is 0 Å². The van der Waals surface area contributed by atoms with Crippen molar-refractivity contribution in [1.29, 1.82) is 0 Å². The monoisotopic (exact) mass is 243 g/mol. The van der Waals surface area contributed by atoms with Gasteiger partial charge < -0.3 is 5.73 Å². The minimum Gasteiger partial charge on any atom is -0.327 e. The van der Waals surface area contributed by atoms with E-state index in [1.54, 1.807) is 0 Å². The molecule has 0 radical (unpaired) electrons. The molecule has 3 nitrogen and oxygen atoms in total. The third-order valence-corrected chi connectivity index (χ3v) is 3.38. The number of hydrogen-bond donors (Lipinski definition) is 1. The number of nitrogens with two attached hydrogens (primary N) is 1. The molecular formula is C15H21N3. The normalized spacial score (nSPS) is 15.0. The average molecular weight is 243 g/mol. The van der Waals surface area contributed by atoms with Crippen LogP contribution in [0.25, 0.3) is 11.0 Å². The second kappa shape index (κ2) is 5.02. The molecule has 0 amide bonds. The minimum atomic E-state index is 0.0826. The SMILES string of the molecule is Cc1nc2ccccc2nc1C(C(C)C)C(C)N. The van der Waals surface area contributed by atoms with Gasteiger partial charge in [-0.25, -0.2) is 9.97 Å². The molecule has 2 N–H and O–H groups in total. The van der Waals surface area contributed by atoms with Crippen LogP contribution < -0.4 is 5.73 Å². The summed E-state index contributed by atoms with van der Waals surface area (Å²) < 4.78 is 0. The van der Waals surface area contributed by atoms with Crippen molar-refractivity contribution in [2.45, 2.75) is 39.7 Å². The van der Waals surface area contributed by atoms with Crippen molar-refractivity contribution in [1.82, 2.24) is 9.97 Å². The zero-order valence-corrected chi connectivity index (χ0v) is 11.5. The third kappa shape index (κ3) is 2.36. The largest absolute Gasteiger partial charge is 0.327 e. The van der Waals surface area contributed by atoms with Crippen LogP contribution in [0.5, 0.6) is 0 Å². The molecule has 0 saturated heterocycles. The van der Waals surface area contributed by atoms with Crippen LogP contribution in [0.2, 0.25) is 0 Å². The number of fused-ring (bicyclic) bond motifs is 1. The van der Waals surface area contributed by atoms with Crippen LogP contribution in [-0.4, -0.2) is 16.0 Å². The van der Waals surface area contributed by atoms with Crippen molar-refractivity contribution in [3.8, 4) is 0 Å². The lowest BCUT2D eigenvalue weighted by Gasteiger charge is -2.25. The molecule has 0 saturated carbocycles. The minimum absolute atomic E-state index is 0.0826. The first kappa shape index (κ1) is 13.0. The predicted molar refractivity (Wildman–Crippen MR) is 75.5 cm³/mol. The number of benzene rings is 1. The summed E-state index contributed by atoms with van der Waals surface area (Å²) in [5, 5.41) is 0. The van der Waals surface area contributed by atoms with Gasteiger partial charge in [-0.1, -0.05) is 26.0 Å². The van der Waals surface area contributed by atoms with Crippen LogP contribution >= 0.6 is 0 Å². The molecule has 2 unspecified atom stereocenters. The molecule has 1 heterocycles. The summed E-state index contributed by atoms with van der Waals surface area (Å²) in [6, 6.07) is 8.06. The summed E-state index contributed by atoms with van der Waals surface area (Å²) in [5.41, 5.74) is 10.0. The summed E-state index contributed by atoms with van der Waals surface area (Å²) in [7, 11) is 0. The maximum atomic E-state index is 6.11. The Hall–Kier alpha value is -1.48. The zero-order chi connectivity index (χ0) is 13.3. The number of para-hydroxylation sites is 2. The highest BCUT2D eigenvalue weighted by Crippen LogP contribution is 2.28. The fourth-order valence-electron chi connectivity index (χ4n) is 2.59. The van der Waals surface area contributed by atoms with Gasteiger partial charge in [0, 0.05) is 12.0 Å². The molecule has 3 heteroatoms. The van der Waals surface area contributed by atoms with Crippen molar-refractivity contribution < 1.29 is 0 Å². The number of hydrogen-bond acceptors (Lipinski definition) is 3. The summed E-state index contributed by atoms with van der Waals surface area (Å²) in [4.78, 5) is 9.42. The van der Waals surface area contributed by atoms with Crippen molar-refractivity contribution in [2.24, 2.45) is 11.7 Å². The number of aryl methyl sites for hydroxylation is 1.